The summed E-state index contributed by atoms with van der Waals surface area (Å²) in [5, 5.41) is 0. The van der Waals surface area contributed by atoms with Gasteiger partial charge < -0.3 is 4.90 Å². The maximum atomic E-state index is 12.7. The summed E-state index contributed by atoms with van der Waals surface area (Å²) in [6.07, 6.45) is 0. The minimum atomic E-state index is -3.92. The van der Waals surface area contributed by atoms with Gasteiger partial charge in [-0.25, -0.2) is 17.9 Å². The predicted octanol–water partition coefficient (Wildman–Crippen LogP) is 3.69. The van der Waals surface area contributed by atoms with Crippen LogP contribution in [0.1, 0.15) is 31.9 Å². The third kappa shape index (κ3) is 5.06. The van der Waals surface area contributed by atoms with Crippen molar-refractivity contribution in [1.29, 1.82) is 0 Å². The van der Waals surface area contributed by atoms with Gasteiger partial charge in [0.05, 0.1) is 4.90 Å². The van der Waals surface area contributed by atoms with Gasteiger partial charge in [0.15, 0.2) is 0 Å². The Hall–Kier alpha value is -2.34. The Bertz CT molecular complexity index is 823. The fraction of sp³-hybridized carbons (Fsp3) is 0.316. The van der Waals surface area contributed by atoms with Gasteiger partial charge in [0.25, 0.3) is 10.0 Å². The van der Waals surface area contributed by atoms with Crippen LogP contribution in [0.2, 0.25) is 0 Å². The molecular formula is C19H24N2O3S. The first-order valence-corrected chi connectivity index (χ1v) is 9.53. The zero-order valence-electron chi connectivity index (χ0n) is 15.0. The molecule has 0 aliphatic carbocycles. The fourth-order valence-electron chi connectivity index (χ4n) is 2.33. The molecule has 0 radical (unpaired) electrons. The first-order valence-electron chi connectivity index (χ1n) is 8.04. The Morgan fingerprint density at radius 3 is 2.08 bits per heavy atom. The lowest BCUT2D eigenvalue weighted by atomic mass is 10.1. The maximum absolute atomic E-state index is 12.7. The number of sulfonamides is 1. The van der Waals surface area contributed by atoms with Crippen molar-refractivity contribution in [2.45, 2.75) is 44.7 Å². The van der Waals surface area contributed by atoms with E-state index in [1.165, 1.54) is 17.0 Å². The monoisotopic (exact) mass is 360 g/mol. The first kappa shape index (κ1) is 19.0. The molecule has 0 spiro atoms. The Kier molecular flexibility index (Phi) is 5.52. The summed E-state index contributed by atoms with van der Waals surface area (Å²) in [6, 6.07) is 15.2. The van der Waals surface area contributed by atoms with Crippen LogP contribution in [0.15, 0.2) is 59.5 Å². The average Bonchev–Trinajstić information content (AvgIpc) is 2.52. The number of amides is 2. The molecule has 5 nitrogen and oxygen atoms in total. The highest BCUT2D eigenvalue weighted by atomic mass is 32.2. The summed E-state index contributed by atoms with van der Waals surface area (Å²) in [5.41, 5.74) is 1.34. The predicted molar refractivity (Wildman–Crippen MR) is 98.6 cm³/mol. The van der Waals surface area contributed by atoms with Crippen molar-refractivity contribution in [2.75, 3.05) is 0 Å². The molecular weight excluding hydrogens is 336 g/mol. The van der Waals surface area contributed by atoms with Crippen molar-refractivity contribution in [3.8, 4) is 0 Å². The molecule has 0 aromatic heterocycles. The topological polar surface area (TPSA) is 66.5 Å². The van der Waals surface area contributed by atoms with Crippen LogP contribution < -0.4 is 4.72 Å². The van der Waals surface area contributed by atoms with E-state index in [1.807, 2.05) is 58.0 Å². The lowest BCUT2D eigenvalue weighted by Crippen LogP contribution is -2.51. The van der Waals surface area contributed by atoms with E-state index < -0.39 is 21.6 Å². The van der Waals surface area contributed by atoms with E-state index in [4.69, 9.17) is 0 Å². The maximum Gasteiger partial charge on any atom is 0.332 e. The van der Waals surface area contributed by atoms with Gasteiger partial charge in [-0.15, -0.1) is 0 Å². The normalized spacial score (nSPS) is 11.8. The third-order valence-electron chi connectivity index (χ3n) is 3.79. The van der Waals surface area contributed by atoms with Gasteiger partial charge in [0.2, 0.25) is 0 Å². The number of hydrogen-bond acceptors (Lipinski definition) is 3. The van der Waals surface area contributed by atoms with Gasteiger partial charge in [0, 0.05) is 12.1 Å². The summed E-state index contributed by atoms with van der Waals surface area (Å²) in [5.74, 6) is 0. The van der Waals surface area contributed by atoms with Crippen molar-refractivity contribution in [3.63, 3.8) is 0 Å². The van der Waals surface area contributed by atoms with Crippen LogP contribution >= 0.6 is 0 Å². The van der Waals surface area contributed by atoms with E-state index in [-0.39, 0.29) is 4.90 Å². The Morgan fingerprint density at radius 2 is 1.56 bits per heavy atom. The number of urea groups is 1. The largest absolute Gasteiger partial charge is 0.332 e. The van der Waals surface area contributed by atoms with Crippen LogP contribution in [0.3, 0.4) is 0 Å². The minimum Gasteiger partial charge on any atom is -0.315 e. The Morgan fingerprint density at radius 1 is 1.00 bits per heavy atom. The number of nitrogens with zero attached hydrogens (tertiary/aromatic N) is 1. The Balaban J connectivity index is 2.23. The summed E-state index contributed by atoms with van der Waals surface area (Å²) < 4.78 is 27.1. The zero-order valence-corrected chi connectivity index (χ0v) is 15.8. The highest BCUT2D eigenvalue weighted by Crippen LogP contribution is 2.19. The Labute approximate surface area is 149 Å². The summed E-state index contributed by atoms with van der Waals surface area (Å²) in [4.78, 5) is 14.3. The molecule has 2 rings (SSSR count). The molecule has 2 aromatic carbocycles. The van der Waals surface area contributed by atoms with Crippen molar-refractivity contribution >= 4 is 16.1 Å². The van der Waals surface area contributed by atoms with E-state index >= 15 is 0 Å². The molecule has 0 saturated heterocycles. The van der Waals surface area contributed by atoms with Crippen LogP contribution in [-0.4, -0.2) is 24.9 Å². The number of aryl methyl sites for hydroxylation is 1. The zero-order chi connectivity index (χ0) is 18.7. The van der Waals surface area contributed by atoms with Gasteiger partial charge >= 0.3 is 6.03 Å². The molecule has 1 N–H and O–H groups in total. The molecule has 6 heteroatoms. The van der Waals surface area contributed by atoms with Crippen molar-refractivity contribution in [2.24, 2.45) is 0 Å². The van der Waals surface area contributed by atoms with Crippen LogP contribution in [0.4, 0.5) is 4.79 Å². The first-order chi connectivity index (χ1) is 11.6. The molecule has 134 valence electrons. The van der Waals surface area contributed by atoms with E-state index in [0.29, 0.717) is 6.54 Å². The molecule has 0 aliphatic rings. The molecule has 0 aliphatic heterocycles. The quantitative estimate of drug-likeness (QED) is 0.904. The third-order valence-corrected chi connectivity index (χ3v) is 5.13. The second-order valence-electron chi connectivity index (χ2n) is 6.97. The van der Waals surface area contributed by atoms with E-state index in [0.717, 1.165) is 11.1 Å². The molecule has 2 amide bonds. The average molecular weight is 360 g/mol. The van der Waals surface area contributed by atoms with Crippen molar-refractivity contribution in [3.05, 3.63) is 65.7 Å². The lowest BCUT2D eigenvalue weighted by Gasteiger charge is -2.35. The van der Waals surface area contributed by atoms with Gasteiger partial charge in [-0.1, -0.05) is 48.0 Å². The van der Waals surface area contributed by atoms with Crippen LogP contribution in [-0.2, 0) is 16.6 Å². The van der Waals surface area contributed by atoms with Crippen molar-refractivity contribution in [1.82, 2.24) is 9.62 Å². The lowest BCUT2D eigenvalue weighted by molar-refractivity contribution is 0.144. The smallest absolute Gasteiger partial charge is 0.315 e. The SMILES string of the molecule is Cc1ccc(S(=O)(=O)NC(=O)N(Cc2ccccc2)C(C)(C)C)cc1. The molecule has 0 heterocycles. The minimum absolute atomic E-state index is 0.0695. The highest BCUT2D eigenvalue weighted by Gasteiger charge is 2.29. The second-order valence-corrected chi connectivity index (χ2v) is 8.65. The molecule has 2 aromatic rings. The van der Waals surface area contributed by atoms with Crippen molar-refractivity contribution < 1.29 is 13.2 Å². The van der Waals surface area contributed by atoms with Crippen LogP contribution in [0.25, 0.3) is 0 Å². The highest BCUT2D eigenvalue weighted by molar-refractivity contribution is 7.90. The fourth-order valence-corrected chi connectivity index (χ4v) is 3.28. The second kappa shape index (κ2) is 7.27. The van der Waals surface area contributed by atoms with Gasteiger partial charge in [-0.05, 0) is 45.4 Å². The molecule has 0 bridgehead atoms. The standard InChI is InChI=1S/C19H24N2O3S/c1-15-10-12-17(13-11-15)25(23,24)20-18(22)21(19(2,3)4)14-16-8-6-5-7-9-16/h5-13H,14H2,1-4H3,(H,20,22). The van der Waals surface area contributed by atoms with Crippen LogP contribution in [0.5, 0.6) is 0 Å². The molecule has 0 unspecified atom stereocenters. The van der Waals surface area contributed by atoms with E-state index in [2.05, 4.69) is 4.72 Å². The van der Waals surface area contributed by atoms with Crippen LogP contribution in [0, 0.1) is 6.92 Å². The van der Waals surface area contributed by atoms with Gasteiger partial charge in [0.1, 0.15) is 0 Å². The van der Waals surface area contributed by atoms with Gasteiger partial charge in [-0.3, -0.25) is 0 Å². The summed E-state index contributed by atoms with van der Waals surface area (Å²) in [7, 11) is -3.92. The van der Waals surface area contributed by atoms with E-state index in [1.54, 1.807) is 12.1 Å². The number of hydrogen-bond donors (Lipinski definition) is 1. The number of benzene rings is 2. The van der Waals surface area contributed by atoms with E-state index in [9.17, 15) is 13.2 Å². The summed E-state index contributed by atoms with van der Waals surface area (Å²) in [6.45, 7) is 7.80. The number of rotatable bonds is 4. The molecule has 0 saturated carbocycles. The number of nitrogens with one attached hydrogen (secondary N) is 1. The molecule has 25 heavy (non-hydrogen) atoms. The number of carbonyl (C=O) groups excluding carboxylic acids is 1. The number of carbonyl (C=O) groups is 1. The molecule has 0 fully saturated rings. The summed E-state index contributed by atoms with van der Waals surface area (Å²) >= 11 is 0. The molecule has 0 atom stereocenters. The van der Waals surface area contributed by atoms with Gasteiger partial charge in [-0.2, -0.15) is 0 Å².